The van der Waals surface area contributed by atoms with Crippen LogP contribution in [0.2, 0.25) is 0 Å². The molecule has 0 bridgehead atoms. The van der Waals surface area contributed by atoms with E-state index in [1.807, 2.05) is 0 Å². The molecule has 0 aromatic heterocycles. The van der Waals surface area contributed by atoms with E-state index in [0.717, 1.165) is 10.9 Å². The zero-order valence-electron chi connectivity index (χ0n) is 9.27. The third-order valence-electron chi connectivity index (χ3n) is 3.02. The van der Waals surface area contributed by atoms with Crippen molar-refractivity contribution >= 4 is 21.8 Å². The number of hydrogen-bond donors (Lipinski definition) is 2. The van der Waals surface area contributed by atoms with Crippen LogP contribution in [0.5, 0.6) is 5.75 Å². The van der Waals surface area contributed by atoms with Gasteiger partial charge in [0, 0.05) is 30.1 Å². The average molecular weight is 300 g/mol. The van der Waals surface area contributed by atoms with Crippen LogP contribution >= 0.6 is 15.9 Å². The molecule has 92 valence electrons. The highest BCUT2D eigenvalue weighted by Crippen LogP contribution is 2.25. The summed E-state index contributed by atoms with van der Waals surface area (Å²) in [6.07, 6.45) is 0.816. The predicted molar refractivity (Wildman–Crippen MR) is 66.9 cm³/mol. The molecule has 4 nitrogen and oxygen atoms in total. The summed E-state index contributed by atoms with van der Waals surface area (Å²) in [6.45, 7) is 1.30. The first-order chi connectivity index (χ1) is 8.11. The second-order valence-corrected chi connectivity index (χ2v) is 5.17. The fourth-order valence-corrected chi connectivity index (χ4v) is 2.38. The van der Waals surface area contributed by atoms with Gasteiger partial charge in [0.2, 0.25) is 0 Å². The number of amides is 1. The highest BCUT2D eigenvalue weighted by molar-refractivity contribution is 9.10. The van der Waals surface area contributed by atoms with E-state index < -0.39 is 0 Å². The molecular weight excluding hydrogens is 286 g/mol. The van der Waals surface area contributed by atoms with Crippen LogP contribution in [0.15, 0.2) is 22.7 Å². The number of rotatable bonds is 2. The van der Waals surface area contributed by atoms with Crippen molar-refractivity contribution in [2.75, 3.05) is 19.7 Å². The lowest BCUT2D eigenvalue weighted by molar-refractivity contribution is 0.0779. The van der Waals surface area contributed by atoms with Crippen LogP contribution in [0.4, 0.5) is 0 Å². The Hall–Kier alpha value is -1.07. The van der Waals surface area contributed by atoms with E-state index >= 15 is 0 Å². The maximum atomic E-state index is 12.1. The monoisotopic (exact) mass is 299 g/mol. The molecule has 1 aromatic rings. The number of nitrogens with zero attached hydrogens (tertiary/aromatic N) is 1. The minimum atomic E-state index is -0.181. The van der Waals surface area contributed by atoms with Gasteiger partial charge in [0.25, 0.3) is 5.91 Å². The quantitative estimate of drug-likeness (QED) is 0.872. The average Bonchev–Trinajstić information content (AvgIpc) is 2.80. The number of aliphatic hydroxyl groups excluding tert-OH is 1. The number of benzene rings is 1. The van der Waals surface area contributed by atoms with E-state index in [9.17, 15) is 9.90 Å². The van der Waals surface area contributed by atoms with Crippen molar-refractivity contribution in [3.05, 3.63) is 28.2 Å². The summed E-state index contributed by atoms with van der Waals surface area (Å²) in [6, 6.07) is 4.80. The number of aliphatic hydroxyl groups is 1. The van der Waals surface area contributed by atoms with E-state index in [0.29, 0.717) is 18.7 Å². The van der Waals surface area contributed by atoms with Crippen molar-refractivity contribution in [1.29, 1.82) is 0 Å². The molecule has 1 aliphatic heterocycles. The SMILES string of the molecule is O=C(c1cc(Br)ccc1O)N1CCC(CO)C1. The Morgan fingerprint density at radius 1 is 1.53 bits per heavy atom. The maximum Gasteiger partial charge on any atom is 0.257 e. The number of halogens is 1. The van der Waals surface area contributed by atoms with Gasteiger partial charge in [0.1, 0.15) is 5.75 Å². The highest BCUT2D eigenvalue weighted by Gasteiger charge is 2.27. The lowest BCUT2D eigenvalue weighted by Crippen LogP contribution is -2.29. The van der Waals surface area contributed by atoms with E-state index in [-0.39, 0.29) is 24.2 Å². The Labute approximate surface area is 108 Å². The lowest BCUT2D eigenvalue weighted by atomic mass is 10.1. The van der Waals surface area contributed by atoms with Crippen molar-refractivity contribution in [2.24, 2.45) is 5.92 Å². The van der Waals surface area contributed by atoms with Gasteiger partial charge >= 0.3 is 0 Å². The second kappa shape index (κ2) is 5.06. The minimum Gasteiger partial charge on any atom is -0.507 e. The summed E-state index contributed by atoms with van der Waals surface area (Å²) < 4.78 is 0.761. The van der Waals surface area contributed by atoms with Crippen LogP contribution in [-0.4, -0.2) is 40.7 Å². The molecule has 0 aliphatic carbocycles. The lowest BCUT2D eigenvalue weighted by Gasteiger charge is -2.17. The van der Waals surface area contributed by atoms with Gasteiger partial charge in [-0.05, 0) is 24.6 Å². The van der Waals surface area contributed by atoms with Crippen LogP contribution < -0.4 is 0 Å². The zero-order chi connectivity index (χ0) is 12.4. The number of carbonyl (C=O) groups excluding carboxylic acids is 1. The van der Waals surface area contributed by atoms with Crippen molar-refractivity contribution in [2.45, 2.75) is 6.42 Å². The third-order valence-corrected chi connectivity index (χ3v) is 3.51. The molecule has 2 N–H and O–H groups in total. The number of likely N-dealkylation sites (tertiary alicyclic amines) is 1. The molecule has 2 rings (SSSR count). The van der Waals surface area contributed by atoms with Gasteiger partial charge in [-0.1, -0.05) is 15.9 Å². The summed E-state index contributed by atoms with van der Waals surface area (Å²) in [5, 5.41) is 18.7. The van der Waals surface area contributed by atoms with Crippen molar-refractivity contribution in [3.63, 3.8) is 0 Å². The smallest absolute Gasteiger partial charge is 0.257 e. The Bertz CT molecular complexity index is 436. The molecule has 1 aromatic carbocycles. The van der Waals surface area contributed by atoms with Crippen molar-refractivity contribution in [3.8, 4) is 5.75 Å². The molecule has 1 unspecified atom stereocenters. The Balaban J connectivity index is 2.17. The Kier molecular flexibility index (Phi) is 3.69. The molecule has 1 heterocycles. The van der Waals surface area contributed by atoms with Gasteiger partial charge < -0.3 is 15.1 Å². The van der Waals surface area contributed by atoms with Crippen molar-refractivity contribution in [1.82, 2.24) is 4.90 Å². The van der Waals surface area contributed by atoms with E-state index in [1.165, 1.54) is 6.07 Å². The van der Waals surface area contributed by atoms with Gasteiger partial charge in [-0.25, -0.2) is 0 Å². The van der Waals surface area contributed by atoms with Crippen LogP contribution in [0, 0.1) is 5.92 Å². The van der Waals surface area contributed by atoms with E-state index in [4.69, 9.17) is 5.11 Å². The summed E-state index contributed by atoms with van der Waals surface area (Å²) in [7, 11) is 0. The highest BCUT2D eigenvalue weighted by atomic mass is 79.9. The van der Waals surface area contributed by atoms with Crippen LogP contribution in [0.25, 0.3) is 0 Å². The topological polar surface area (TPSA) is 60.8 Å². The fourth-order valence-electron chi connectivity index (χ4n) is 2.02. The van der Waals surface area contributed by atoms with Gasteiger partial charge in [-0.3, -0.25) is 4.79 Å². The van der Waals surface area contributed by atoms with Gasteiger partial charge in [0.15, 0.2) is 0 Å². The van der Waals surface area contributed by atoms with Crippen molar-refractivity contribution < 1.29 is 15.0 Å². The Morgan fingerprint density at radius 2 is 2.29 bits per heavy atom. The second-order valence-electron chi connectivity index (χ2n) is 4.25. The standard InChI is InChI=1S/C12H14BrNO3/c13-9-1-2-11(16)10(5-9)12(17)14-4-3-8(6-14)7-15/h1-2,5,8,15-16H,3-4,6-7H2. The number of phenolic OH excluding ortho intramolecular Hbond substituents is 1. The number of carbonyl (C=O) groups is 1. The molecule has 0 saturated carbocycles. The third kappa shape index (κ3) is 2.61. The maximum absolute atomic E-state index is 12.1. The first-order valence-electron chi connectivity index (χ1n) is 5.50. The van der Waals surface area contributed by atoms with Crippen LogP contribution in [0.1, 0.15) is 16.8 Å². The molecule has 1 atom stereocenters. The summed E-state index contributed by atoms with van der Waals surface area (Å²) >= 11 is 3.28. The predicted octanol–water partition coefficient (Wildman–Crippen LogP) is 1.61. The molecule has 0 radical (unpaired) electrons. The molecule has 17 heavy (non-hydrogen) atoms. The number of hydrogen-bond acceptors (Lipinski definition) is 3. The molecule has 1 amide bonds. The van der Waals surface area contributed by atoms with Gasteiger partial charge in [-0.15, -0.1) is 0 Å². The van der Waals surface area contributed by atoms with Crippen LogP contribution in [0.3, 0.4) is 0 Å². The molecular formula is C12H14BrNO3. The molecule has 1 aliphatic rings. The zero-order valence-corrected chi connectivity index (χ0v) is 10.9. The minimum absolute atomic E-state index is 0.00866. The number of phenols is 1. The molecule has 1 fully saturated rings. The molecule has 5 heteroatoms. The molecule has 0 spiro atoms. The summed E-state index contributed by atoms with van der Waals surface area (Å²) in [4.78, 5) is 13.8. The van der Waals surface area contributed by atoms with Gasteiger partial charge in [0.05, 0.1) is 5.56 Å². The first-order valence-corrected chi connectivity index (χ1v) is 6.29. The van der Waals surface area contributed by atoms with E-state index in [2.05, 4.69) is 15.9 Å². The number of aromatic hydroxyl groups is 1. The Morgan fingerprint density at radius 3 is 2.94 bits per heavy atom. The largest absolute Gasteiger partial charge is 0.507 e. The summed E-state index contributed by atoms with van der Waals surface area (Å²) in [5.41, 5.74) is 0.304. The summed E-state index contributed by atoms with van der Waals surface area (Å²) in [5.74, 6) is -0.0290. The van der Waals surface area contributed by atoms with Crippen LogP contribution in [-0.2, 0) is 0 Å². The first kappa shape index (κ1) is 12.4. The molecule has 1 saturated heterocycles. The normalized spacial score (nSPS) is 19.6. The fraction of sp³-hybridized carbons (Fsp3) is 0.417. The van der Waals surface area contributed by atoms with Gasteiger partial charge in [-0.2, -0.15) is 0 Å². The van der Waals surface area contributed by atoms with E-state index in [1.54, 1.807) is 17.0 Å².